The van der Waals surface area contributed by atoms with Crippen LogP contribution in [0, 0.1) is 0 Å². The van der Waals surface area contributed by atoms with E-state index < -0.39 is 0 Å². The van der Waals surface area contributed by atoms with Crippen molar-refractivity contribution in [3.05, 3.63) is 23.8 Å². The molecule has 0 fully saturated rings. The molecule has 3 N–H and O–H groups in total. The quantitative estimate of drug-likeness (QED) is 0.535. The number of nitrogens with two attached hydrogens (primary N) is 1. The van der Waals surface area contributed by atoms with Gasteiger partial charge in [-0.2, -0.15) is 0 Å². The number of methoxy groups -OCH3 is 2. The Labute approximate surface area is 122 Å². The summed E-state index contributed by atoms with van der Waals surface area (Å²) in [4.78, 5) is 2.37. The Balaban J connectivity index is 2.87. The van der Waals surface area contributed by atoms with E-state index in [-0.39, 0.29) is 6.04 Å². The average Bonchev–Trinajstić information content (AvgIpc) is 2.51. The van der Waals surface area contributed by atoms with Crippen LogP contribution in [0.1, 0.15) is 31.9 Å². The topological polar surface area (TPSA) is 59.8 Å². The van der Waals surface area contributed by atoms with Gasteiger partial charge in [-0.15, -0.1) is 0 Å². The van der Waals surface area contributed by atoms with Gasteiger partial charge in [0.15, 0.2) is 0 Å². The van der Waals surface area contributed by atoms with Crippen molar-refractivity contribution in [2.24, 2.45) is 5.84 Å². The normalized spacial score (nSPS) is 12.5. The maximum atomic E-state index is 5.72. The number of hydrogen-bond acceptors (Lipinski definition) is 5. The summed E-state index contributed by atoms with van der Waals surface area (Å²) in [5, 5.41) is 0. The van der Waals surface area contributed by atoms with Crippen LogP contribution in [0.5, 0.6) is 11.5 Å². The molecular weight excluding hydrogens is 254 g/mol. The second-order valence-corrected chi connectivity index (χ2v) is 4.64. The van der Waals surface area contributed by atoms with Gasteiger partial charge in [-0.25, -0.2) is 0 Å². The van der Waals surface area contributed by atoms with Crippen molar-refractivity contribution in [2.75, 3.05) is 33.9 Å². The summed E-state index contributed by atoms with van der Waals surface area (Å²) in [5.74, 6) is 7.36. The Morgan fingerprint density at radius 2 is 1.90 bits per heavy atom. The highest BCUT2D eigenvalue weighted by Gasteiger charge is 2.16. The van der Waals surface area contributed by atoms with E-state index in [1.54, 1.807) is 14.2 Å². The molecule has 1 aromatic rings. The molecule has 0 bridgehead atoms. The fourth-order valence-electron chi connectivity index (χ4n) is 2.29. The molecule has 0 aliphatic carbocycles. The van der Waals surface area contributed by atoms with Gasteiger partial charge in [-0.3, -0.25) is 11.3 Å². The highest BCUT2D eigenvalue weighted by molar-refractivity contribution is 5.42. The first-order chi connectivity index (χ1) is 9.69. The minimum Gasteiger partial charge on any atom is -0.497 e. The molecule has 114 valence electrons. The minimum atomic E-state index is 0.0423. The molecule has 0 saturated heterocycles. The number of hydrazine groups is 1. The fraction of sp³-hybridized carbons (Fsp3) is 0.600. The molecule has 1 aromatic carbocycles. The summed E-state index contributed by atoms with van der Waals surface area (Å²) < 4.78 is 10.7. The predicted molar refractivity (Wildman–Crippen MR) is 82.0 cm³/mol. The van der Waals surface area contributed by atoms with Gasteiger partial charge in [0.1, 0.15) is 11.5 Å². The van der Waals surface area contributed by atoms with Gasteiger partial charge in [0.2, 0.25) is 0 Å². The summed E-state index contributed by atoms with van der Waals surface area (Å²) >= 11 is 0. The second kappa shape index (κ2) is 8.79. The molecule has 20 heavy (non-hydrogen) atoms. The highest BCUT2D eigenvalue weighted by atomic mass is 16.5. The van der Waals surface area contributed by atoms with Gasteiger partial charge in [-0.05, 0) is 44.3 Å². The Hall–Kier alpha value is -1.30. The number of rotatable bonds is 9. The van der Waals surface area contributed by atoms with Crippen LogP contribution in [0.2, 0.25) is 0 Å². The molecule has 0 heterocycles. The lowest BCUT2D eigenvalue weighted by Crippen LogP contribution is -2.33. The van der Waals surface area contributed by atoms with Crippen LogP contribution >= 0.6 is 0 Å². The Morgan fingerprint density at radius 1 is 1.20 bits per heavy atom. The zero-order valence-electron chi connectivity index (χ0n) is 13.0. The maximum Gasteiger partial charge on any atom is 0.123 e. The lowest BCUT2D eigenvalue weighted by Gasteiger charge is -2.24. The molecule has 5 nitrogen and oxygen atoms in total. The van der Waals surface area contributed by atoms with E-state index in [1.807, 2.05) is 18.2 Å². The van der Waals surface area contributed by atoms with Gasteiger partial charge in [0.05, 0.1) is 20.3 Å². The molecule has 0 aromatic heterocycles. The maximum absolute atomic E-state index is 5.72. The van der Waals surface area contributed by atoms with E-state index in [0.29, 0.717) is 0 Å². The van der Waals surface area contributed by atoms with Crippen molar-refractivity contribution in [3.8, 4) is 11.5 Å². The highest BCUT2D eigenvalue weighted by Crippen LogP contribution is 2.30. The number of hydrogen-bond donors (Lipinski definition) is 2. The number of ether oxygens (including phenoxy) is 2. The van der Waals surface area contributed by atoms with Crippen LogP contribution in [0.3, 0.4) is 0 Å². The predicted octanol–water partition coefficient (Wildman–Crippen LogP) is 1.94. The van der Waals surface area contributed by atoms with Gasteiger partial charge in [-0.1, -0.05) is 13.8 Å². The zero-order chi connectivity index (χ0) is 15.0. The number of nitrogens with zero attached hydrogens (tertiary/aromatic N) is 1. The Bertz CT molecular complexity index is 395. The van der Waals surface area contributed by atoms with Crippen molar-refractivity contribution in [2.45, 2.75) is 26.3 Å². The summed E-state index contributed by atoms with van der Waals surface area (Å²) in [6.07, 6.45) is 0.918. The summed E-state index contributed by atoms with van der Waals surface area (Å²) in [6, 6.07) is 5.82. The van der Waals surface area contributed by atoms with Crippen molar-refractivity contribution in [1.82, 2.24) is 10.3 Å². The second-order valence-electron chi connectivity index (χ2n) is 4.64. The van der Waals surface area contributed by atoms with Crippen LogP contribution in [-0.2, 0) is 0 Å². The van der Waals surface area contributed by atoms with E-state index in [0.717, 1.165) is 43.1 Å². The molecule has 0 aliphatic rings. The smallest absolute Gasteiger partial charge is 0.123 e. The first-order valence-electron chi connectivity index (χ1n) is 7.10. The van der Waals surface area contributed by atoms with Crippen LogP contribution in [0.4, 0.5) is 0 Å². The third kappa shape index (κ3) is 4.37. The fourth-order valence-corrected chi connectivity index (χ4v) is 2.29. The minimum absolute atomic E-state index is 0.0423. The Morgan fingerprint density at radius 3 is 2.40 bits per heavy atom. The SMILES string of the molecule is CCN(CC)CCC(NN)c1cc(OC)ccc1OC. The Kier molecular flexibility index (Phi) is 7.36. The molecule has 5 heteroatoms. The van der Waals surface area contributed by atoms with E-state index in [1.165, 1.54) is 0 Å². The van der Waals surface area contributed by atoms with Crippen molar-refractivity contribution >= 4 is 0 Å². The van der Waals surface area contributed by atoms with Crippen molar-refractivity contribution in [1.29, 1.82) is 0 Å². The number of nitrogens with one attached hydrogen (secondary N) is 1. The van der Waals surface area contributed by atoms with Gasteiger partial charge in [0.25, 0.3) is 0 Å². The molecule has 0 spiro atoms. The molecule has 0 radical (unpaired) electrons. The summed E-state index contributed by atoms with van der Waals surface area (Å²) in [6.45, 7) is 7.41. The standard InChI is InChI=1S/C15H27N3O2/c1-5-18(6-2)10-9-14(17-16)13-11-12(19-3)7-8-15(13)20-4/h7-8,11,14,17H,5-6,9-10,16H2,1-4H3. The first-order valence-corrected chi connectivity index (χ1v) is 7.10. The molecule has 1 atom stereocenters. The van der Waals surface area contributed by atoms with Crippen molar-refractivity contribution in [3.63, 3.8) is 0 Å². The van der Waals surface area contributed by atoms with Crippen LogP contribution in [-0.4, -0.2) is 38.8 Å². The number of benzene rings is 1. The monoisotopic (exact) mass is 281 g/mol. The molecule has 0 amide bonds. The van der Waals surface area contributed by atoms with Crippen LogP contribution in [0.25, 0.3) is 0 Å². The molecular formula is C15H27N3O2. The lowest BCUT2D eigenvalue weighted by molar-refractivity contribution is 0.280. The van der Waals surface area contributed by atoms with Crippen molar-refractivity contribution < 1.29 is 9.47 Å². The average molecular weight is 281 g/mol. The van der Waals surface area contributed by atoms with Gasteiger partial charge < -0.3 is 14.4 Å². The summed E-state index contributed by atoms with van der Waals surface area (Å²) in [7, 11) is 3.33. The van der Waals surface area contributed by atoms with Crippen LogP contribution in [0.15, 0.2) is 18.2 Å². The zero-order valence-corrected chi connectivity index (χ0v) is 13.0. The lowest BCUT2D eigenvalue weighted by atomic mass is 10.0. The van der Waals surface area contributed by atoms with Gasteiger partial charge >= 0.3 is 0 Å². The summed E-state index contributed by atoms with van der Waals surface area (Å²) in [5.41, 5.74) is 3.91. The van der Waals surface area contributed by atoms with Crippen LogP contribution < -0.4 is 20.7 Å². The van der Waals surface area contributed by atoms with Gasteiger partial charge in [0, 0.05) is 5.56 Å². The molecule has 1 rings (SSSR count). The first kappa shape index (κ1) is 16.8. The van der Waals surface area contributed by atoms with E-state index in [9.17, 15) is 0 Å². The van der Waals surface area contributed by atoms with E-state index >= 15 is 0 Å². The molecule has 0 saturated carbocycles. The molecule has 0 aliphatic heterocycles. The third-order valence-electron chi connectivity index (χ3n) is 3.64. The van der Waals surface area contributed by atoms with E-state index in [4.69, 9.17) is 15.3 Å². The molecule has 1 unspecified atom stereocenters. The third-order valence-corrected chi connectivity index (χ3v) is 3.64. The van der Waals surface area contributed by atoms with E-state index in [2.05, 4.69) is 24.2 Å². The largest absolute Gasteiger partial charge is 0.497 e.